The number of hydrogen-bond donors (Lipinski definition) is 0. The van der Waals surface area contributed by atoms with Crippen molar-refractivity contribution in [1.29, 1.82) is 0 Å². The van der Waals surface area contributed by atoms with Crippen LogP contribution in [0.15, 0.2) is 6.07 Å². The molecular formula is C8H7BrF3N. The second kappa shape index (κ2) is 4.09. The first kappa shape index (κ1) is 10.5. The van der Waals surface area contributed by atoms with Crippen molar-refractivity contribution in [2.24, 2.45) is 0 Å². The van der Waals surface area contributed by atoms with Crippen LogP contribution in [-0.2, 0) is 5.33 Å². The van der Waals surface area contributed by atoms with Crippen molar-refractivity contribution in [2.45, 2.75) is 18.7 Å². The number of halogens is 4. The van der Waals surface area contributed by atoms with Gasteiger partial charge in [0.05, 0.1) is 0 Å². The van der Waals surface area contributed by atoms with Gasteiger partial charge in [-0.3, -0.25) is 4.98 Å². The van der Waals surface area contributed by atoms with Crippen LogP contribution in [0.1, 0.15) is 23.4 Å². The second-order valence-electron chi connectivity index (χ2n) is 2.53. The van der Waals surface area contributed by atoms with Crippen molar-refractivity contribution < 1.29 is 13.2 Å². The first-order valence-corrected chi connectivity index (χ1v) is 4.68. The number of rotatable bonds is 2. The zero-order valence-corrected chi connectivity index (χ0v) is 8.41. The zero-order chi connectivity index (χ0) is 10.0. The van der Waals surface area contributed by atoms with Gasteiger partial charge < -0.3 is 0 Å². The number of aryl methyl sites for hydroxylation is 1. The Labute approximate surface area is 82.1 Å². The summed E-state index contributed by atoms with van der Waals surface area (Å²) >= 11 is 3.05. The van der Waals surface area contributed by atoms with E-state index in [9.17, 15) is 13.2 Å². The number of hydrogen-bond acceptors (Lipinski definition) is 1. The molecule has 0 aromatic carbocycles. The molecule has 1 aromatic heterocycles. The lowest BCUT2D eigenvalue weighted by molar-refractivity contribution is 0.145. The smallest absolute Gasteiger partial charge is 0.252 e. The third-order valence-corrected chi connectivity index (χ3v) is 2.21. The Morgan fingerprint density at radius 3 is 2.54 bits per heavy atom. The van der Waals surface area contributed by atoms with Crippen LogP contribution in [0.3, 0.4) is 0 Å². The van der Waals surface area contributed by atoms with Crippen LogP contribution < -0.4 is 0 Å². The average molecular weight is 254 g/mol. The molecule has 0 saturated heterocycles. The maximum absolute atomic E-state index is 13.1. The lowest BCUT2D eigenvalue weighted by Crippen LogP contribution is -2.00. The molecule has 0 fully saturated rings. The minimum absolute atomic E-state index is 0.279. The van der Waals surface area contributed by atoms with Crippen molar-refractivity contribution in [3.05, 3.63) is 28.8 Å². The van der Waals surface area contributed by atoms with Crippen LogP contribution in [0.2, 0.25) is 0 Å². The highest BCUT2D eigenvalue weighted by atomic mass is 79.9. The molecule has 0 amide bonds. The van der Waals surface area contributed by atoms with E-state index in [1.807, 2.05) is 0 Å². The van der Waals surface area contributed by atoms with E-state index in [1.165, 1.54) is 6.92 Å². The highest BCUT2D eigenvalue weighted by Crippen LogP contribution is 2.22. The largest absolute Gasteiger partial charge is 0.280 e. The molecule has 1 nitrogen and oxygen atoms in total. The molecule has 13 heavy (non-hydrogen) atoms. The van der Waals surface area contributed by atoms with Gasteiger partial charge in [-0.2, -0.15) is 0 Å². The Bertz CT molecular complexity index is 291. The Kier molecular flexibility index (Phi) is 3.30. The number of nitrogens with zero attached hydrogens (tertiary/aromatic N) is 1. The van der Waals surface area contributed by atoms with E-state index >= 15 is 0 Å². The topological polar surface area (TPSA) is 12.9 Å². The van der Waals surface area contributed by atoms with Crippen LogP contribution in [0.4, 0.5) is 13.2 Å². The minimum atomic E-state index is -2.72. The lowest BCUT2D eigenvalue weighted by atomic mass is 10.2. The summed E-state index contributed by atoms with van der Waals surface area (Å²) in [5.74, 6) is -0.639. The summed E-state index contributed by atoms with van der Waals surface area (Å²) in [5.41, 5.74) is 0.108. The summed E-state index contributed by atoms with van der Waals surface area (Å²) < 4.78 is 37.3. The average Bonchev–Trinajstić information content (AvgIpc) is 2.03. The van der Waals surface area contributed by atoms with Crippen LogP contribution in [0, 0.1) is 12.7 Å². The zero-order valence-electron chi connectivity index (χ0n) is 6.82. The molecule has 5 heteroatoms. The van der Waals surface area contributed by atoms with Crippen molar-refractivity contribution in [3.63, 3.8) is 0 Å². The third kappa shape index (κ3) is 2.21. The maximum Gasteiger partial charge on any atom is 0.280 e. The molecule has 0 aliphatic carbocycles. The van der Waals surface area contributed by atoms with E-state index in [0.717, 1.165) is 6.07 Å². The van der Waals surface area contributed by atoms with Crippen molar-refractivity contribution in [2.75, 3.05) is 0 Å². The molecule has 0 unspecified atom stereocenters. The molecule has 0 bridgehead atoms. The molecule has 0 N–H and O–H groups in total. The van der Waals surface area contributed by atoms with Gasteiger partial charge >= 0.3 is 0 Å². The predicted molar refractivity (Wildman–Crippen MR) is 46.5 cm³/mol. The van der Waals surface area contributed by atoms with E-state index in [4.69, 9.17) is 0 Å². The first-order valence-electron chi connectivity index (χ1n) is 3.56. The molecule has 0 aliphatic heterocycles. The standard InChI is InChI=1S/C8H7BrF3N/c1-4-5(3-9)6(10)2-7(13-4)8(11)12/h2,8H,3H2,1H3. The predicted octanol–water partition coefficient (Wildman–Crippen LogP) is 3.36. The minimum Gasteiger partial charge on any atom is -0.252 e. The summed E-state index contributed by atoms with van der Waals surface area (Å²) in [5, 5.41) is 0.279. The van der Waals surface area contributed by atoms with E-state index in [1.54, 1.807) is 0 Å². The van der Waals surface area contributed by atoms with E-state index < -0.39 is 17.9 Å². The van der Waals surface area contributed by atoms with Gasteiger partial charge in [0.1, 0.15) is 11.5 Å². The molecule has 0 saturated carbocycles. The Balaban J connectivity index is 3.20. The monoisotopic (exact) mass is 253 g/mol. The van der Waals surface area contributed by atoms with Gasteiger partial charge in [0.15, 0.2) is 0 Å². The number of alkyl halides is 3. The van der Waals surface area contributed by atoms with Gasteiger partial charge in [-0.05, 0) is 6.92 Å². The molecule has 0 aliphatic rings. The molecule has 0 spiro atoms. The Hall–Kier alpha value is -0.580. The van der Waals surface area contributed by atoms with Crippen LogP contribution in [0.25, 0.3) is 0 Å². The van der Waals surface area contributed by atoms with Crippen molar-refractivity contribution in [1.82, 2.24) is 4.98 Å². The van der Waals surface area contributed by atoms with Crippen LogP contribution in [0.5, 0.6) is 0 Å². The van der Waals surface area contributed by atoms with Crippen LogP contribution >= 0.6 is 15.9 Å². The van der Waals surface area contributed by atoms with Crippen molar-refractivity contribution in [3.8, 4) is 0 Å². The Morgan fingerprint density at radius 1 is 1.54 bits per heavy atom. The SMILES string of the molecule is Cc1nc(C(F)F)cc(F)c1CBr. The fourth-order valence-corrected chi connectivity index (χ4v) is 1.63. The van der Waals surface area contributed by atoms with E-state index in [-0.39, 0.29) is 5.33 Å². The molecule has 0 radical (unpaired) electrons. The summed E-state index contributed by atoms with van der Waals surface area (Å²) in [7, 11) is 0. The summed E-state index contributed by atoms with van der Waals surface area (Å²) in [4.78, 5) is 3.58. The summed E-state index contributed by atoms with van der Waals surface area (Å²) in [6.07, 6.45) is -2.72. The molecule has 1 aromatic rings. The van der Waals surface area contributed by atoms with E-state index in [2.05, 4.69) is 20.9 Å². The molecule has 1 rings (SSSR count). The fourth-order valence-electron chi connectivity index (χ4n) is 0.955. The highest BCUT2D eigenvalue weighted by molar-refractivity contribution is 9.08. The number of pyridine rings is 1. The molecule has 1 heterocycles. The van der Waals surface area contributed by atoms with E-state index in [0.29, 0.717) is 11.3 Å². The van der Waals surface area contributed by atoms with Gasteiger partial charge in [-0.25, -0.2) is 13.2 Å². The summed E-state index contributed by atoms with van der Waals surface area (Å²) in [6, 6.07) is 0.772. The molecule has 72 valence electrons. The first-order chi connectivity index (χ1) is 6.06. The van der Waals surface area contributed by atoms with Gasteiger partial charge in [0.25, 0.3) is 6.43 Å². The third-order valence-electron chi connectivity index (χ3n) is 1.65. The van der Waals surface area contributed by atoms with Gasteiger partial charge in [0, 0.05) is 22.7 Å². The molecule has 0 atom stereocenters. The maximum atomic E-state index is 13.1. The second-order valence-corrected chi connectivity index (χ2v) is 3.09. The van der Waals surface area contributed by atoms with Gasteiger partial charge in [0.2, 0.25) is 0 Å². The van der Waals surface area contributed by atoms with Crippen LogP contribution in [-0.4, -0.2) is 4.98 Å². The fraction of sp³-hybridized carbons (Fsp3) is 0.375. The molecular weight excluding hydrogens is 247 g/mol. The quantitative estimate of drug-likeness (QED) is 0.737. The van der Waals surface area contributed by atoms with Crippen molar-refractivity contribution >= 4 is 15.9 Å². The normalized spacial score (nSPS) is 10.9. The Morgan fingerprint density at radius 2 is 2.15 bits per heavy atom. The highest BCUT2D eigenvalue weighted by Gasteiger charge is 2.14. The number of aromatic nitrogens is 1. The summed E-state index contributed by atoms with van der Waals surface area (Å²) in [6.45, 7) is 1.51. The van der Waals surface area contributed by atoms with Gasteiger partial charge in [-0.15, -0.1) is 0 Å². The lowest BCUT2D eigenvalue weighted by Gasteiger charge is -2.06. The van der Waals surface area contributed by atoms with Gasteiger partial charge in [-0.1, -0.05) is 15.9 Å².